The third-order valence-corrected chi connectivity index (χ3v) is 7.24. The minimum absolute atomic E-state index is 0.0114. The number of H-pyrrole nitrogens is 1. The largest absolute Gasteiger partial charge is 0.349 e. The first-order valence-electron chi connectivity index (χ1n) is 8.48. The van der Waals surface area contributed by atoms with Crippen LogP contribution in [0.25, 0.3) is 0 Å². The van der Waals surface area contributed by atoms with Gasteiger partial charge in [0.2, 0.25) is 5.91 Å². The van der Waals surface area contributed by atoms with E-state index in [0.717, 1.165) is 17.8 Å². The van der Waals surface area contributed by atoms with Gasteiger partial charge in [0, 0.05) is 12.1 Å². The van der Waals surface area contributed by atoms with E-state index in [9.17, 15) is 13.2 Å². The predicted octanol–water partition coefficient (Wildman–Crippen LogP) is 2.09. The van der Waals surface area contributed by atoms with Crippen molar-refractivity contribution in [2.75, 3.05) is 17.3 Å². The molecule has 1 aliphatic heterocycles. The molecule has 1 aliphatic rings. The summed E-state index contributed by atoms with van der Waals surface area (Å²) in [6, 6.07) is 10.1. The number of sulfone groups is 1. The lowest BCUT2D eigenvalue weighted by atomic mass is 10.0. The molecule has 26 heavy (non-hydrogen) atoms. The van der Waals surface area contributed by atoms with E-state index in [-0.39, 0.29) is 23.2 Å². The highest BCUT2D eigenvalue weighted by Gasteiger charge is 2.39. The Morgan fingerprint density at radius 3 is 2.73 bits per heavy atom. The smallest absolute Gasteiger partial charge is 0.230 e. The number of carbonyl (C=O) groups is 1. The van der Waals surface area contributed by atoms with Crippen LogP contribution in [0, 0.1) is 6.92 Å². The molecule has 1 saturated heterocycles. The number of imidazole rings is 1. The van der Waals surface area contributed by atoms with Gasteiger partial charge in [-0.15, -0.1) is 0 Å². The molecule has 0 saturated carbocycles. The van der Waals surface area contributed by atoms with Crippen LogP contribution < -0.4 is 5.32 Å². The molecule has 1 unspecified atom stereocenters. The van der Waals surface area contributed by atoms with Gasteiger partial charge < -0.3 is 10.3 Å². The summed E-state index contributed by atoms with van der Waals surface area (Å²) >= 11 is 1.33. The van der Waals surface area contributed by atoms with Gasteiger partial charge in [-0.1, -0.05) is 42.1 Å². The normalized spacial score (nSPS) is 21.6. The van der Waals surface area contributed by atoms with Crippen LogP contribution in [0.4, 0.5) is 0 Å². The number of nitrogens with zero attached hydrogens (tertiary/aromatic N) is 1. The minimum Gasteiger partial charge on any atom is -0.349 e. The highest BCUT2D eigenvalue weighted by Crippen LogP contribution is 2.24. The molecular weight excluding hydrogens is 370 g/mol. The van der Waals surface area contributed by atoms with Crippen LogP contribution in [-0.2, 0) is 21.1 Å². The molecule has 0 spiro atoms. The quantitative estimate of drug-likeness (QED) is 0.733. The van der Waals surface area contributed by atoms with Crippen molar-refractivity contribution < 1.29 is 13.2 Å². The maximum absolute atomic E-state index is 12.2. The molecule has 2 aromatic rings. The van der Waals surface area contributed by atoms with Crippen LogP contribution >= 0.6 is 11.8 Å². The fourth-order valence-corrected chi connectivity index (χ4v) is 5.95. The number of hydrogen-bond donors (Lipinski definition) is 2. The second kappa shape index (κ2) is 7.44. The molecule has 1 amide bonds. The van der Waals surface area contributed by atoms with Crippen LogP contribution in [0.3, 0.4) is 0 Å². The second-order valence-corrected chi connectivity index (χ2v) is 10.2. The van der Waals surface area contributed by atoms with Crippen molar-refractivity contribution in [2.45, 2.75) is 37.4 Å². The van der Waals surface area contributed by atoms with Gasteiger partial charge in [-0.2, -0.15) is 0 Å². The molecule has 0 bridgehead atoms. The van der Waals surface area contributed by atoms with Gasteiger partial charge in [0.1, 0.15) is 0 Å². The van der Waals surface area contributed by atoms with Gasteiger partial charge in [0.15, 0.2) is 15.0 Å². The Kier molecular flexibility index (Phi) is 5.43. The number of aromatic amines is 1. The summed E-state index contributed by atoms with van der Waals surface area (Å²) < 4.78 is 23.3. The number of rotatable bonds is 6. The monoisotopic (exact) mass is 393 g/mol. The summed E-state index contributed by atoms with van der Waals surface area (Å²) in [5, 5.41) is 3.56. The molecule has 8 heteroatoms. The molecule has 1 aromatic carbocycles. The predicted molar refractivity (Wildman–Crippen MR) is 103 cm³/mol. The molecule has 140 valence electrons. The number of amides is 1. The van der Waals surface area contributed by atoms with Crippen LogP contribution in [-0.4, -0.2) is 47.1 Å². The maximum atomic E-state index is 12.2. The molecule has 2 heterocycles. The first-order valence-corrected chi connectivity index (χ1v) is 11.3. The number of hydrogen-bond acceptors (Lipinski definition) is 5. The molecule has 6 nitrogen and oxygen atoms in total. The average molecular weight is 394 g/mol. The van der Waals surface area contributed by atoms with Crippen molar-refractivity contribution in [1.82, 2.24) is 15.3 Å². The van der Waals surface area contributed by atoms with Crippen LogP contribution in [0.2, 0.25) is 0 Å². The third-order valence-electron chi connectivity index (χ3n) is 4.46. The molecular formula is C18H23N3O3S2. The standard InChI is InChI=1S/C18H23N3O3S2/c1-13-15(10-14-6-4-3-5-7-14)20-17(19-13)25-11-16(22)21-18(2)8-9-26(23,24)12-18/h3-7H,8-12H2,1-2H3,(H,19,20)(H,21,22). The Bertz CT molecular complexity index is 894. The molecule has 0 aliphatic carbocycles. The van der Waals surface area contributed by atoms with E-state index in [1.54, 1.807) is 6.92 Å². The lowest BCUT2D eigenvalue weighted by molar-refractivity contribution is -0.120. The fourth-order valence-electron chi connectivity index (χ4n) is 3.11. The van der Waals surface area contributed by atoms with E-state index >= 15 is 0 Å². The number of nitrogens with one attached hydrogen (secondary N) is 2. The van der Waals surface area contributed by atoms with E-state index < -0.39 is 15.4 Å². The van der Waals surface area contributed by atoms with Crippen molar-refractivity contribution in [3.05, 3.63) is 47.3 Å². The Morgan fingerprint density at radius 1 is 1.35 bits per heavy atom. The average Bonchev–Trinajstić information content (AvgIpc) is 3.05. The Morgan fingerprint density at radius 2 is 2.08 bits per heavy atom. The van der Waals surface area contributed by atoms with Crippen molar-refractivity contribution in [2.24, 2.45) is 0 Å². The molecule has 1 aromatic heterocycles. The zero-order chi connectivity index (χ0) is 18.8. The molecule has 1 fully saturated rings. The summed E-state index contributed by atoms with van der Waals surface area (Å²) in [5.41, 5.74) is 2.49. The summed E-state index contributed by atoms with van der Waals surface area (Å²) in [7, 11) is -3.04. The zero-order valence-corrected chi connectivity index (χ0v) is 16.5. The van der Waals surface area contributed by atoms with Gasteiger partial charge in [-0.3, -0.25) is 4.79 Å². The molecule has 3 rings (SSSR count). The lowest BCUT2D eigenvalue weighted by Gasteiger charge is -2.23. The Hall–Kier alpha value is -1.80. The topological polar surface area (TPSA) is 91.9 Å². The van der Waals surface area contributed by atoms with E-state index in [4.69, 9.17) is 0 Å². The highest BCUT2D eigenvalue weighted by molar-refractivity contribution is 7.99. The number of aryl methyl sites for hydroxylation is 1. The van der Waals surface area contributed by atoms with Gasteiger partial charge >= 0.3 is 0 Å². The van der Waals surface area contributed by atoms with Gasteiger partial charge in [-0.05, 0) is 25.8 Å². The first kappa shape index (κ1) is 19.0. The van der Waals surface area contributed by atoms with Crippen molar-refractivity contribution >= 4 is 27.5 Å². The van der Waals surface area contributed by atoms with Crippen molar-refractivity contribution in [3.8, 4) is 0 Å². The summed E-state index contributed by atoms with van der Waals surface area (Å²) in [4.78, 5) is 20.0. The number of carbonyl (C=O) groups excluding carboxylic acids is 1. The minimum atomic E-state index is -3.04. The van der Waals surface area contributed by atoms with E-state index in [0.29, 0.717) is 11.6 Å². The number of thioether (sulfide) groups is 1. The SMILES string of the molecule is Cc1[nH]c(SCC(=O)NC2(C)CCS(=O)(=O)C2)nc1Cc1ccccc1. The van der Waals surface area contributed by atoms with E-state index in [2.05, 4.69) is 27.4 Å². The number of aromatic nitrogens is 2. The summed E-state index contributed by atoms with van der Waals surface area (Å²) in [5.74, 6) is 0.176. The highest BCUT2D eigenvalue weighted by atomic mass is 32.2. The summed E-state index contributed by atoms with van der Waals surface area (Å²) in [6.07, 6.45) is 1.21. The van der Waals surface area contributed by atoms with E-state index in [1.807, 2.05) is 25.1 Å². The van der Waals surface area contributed by atoms with Crippen LogP contribution in [0.15, 0.2) is 35.5 Å². The van der Waals surface area contributed by atoms with Crippen LogP contribution in [0.5, 0.6) is 0 Å². The van der Waals surface area contributed by atoms with Crippen LogP contribution in [0.1, 0.15) is 30.3 Å². The van der Waals surface area contributed by atoms with Gasteiger partial charge in [0.05, 0.1) is 28.5 Å². The molecule has 2 N–H and O–H groups in total. The van der Waals surface area contributed by atoms with Gasteiger partial charge in [-0.25, -0.2) is 13.4 Å². The molecule has 1 atom stereocenters. The van der Waals surface area contributed by atoms with Crippen molar-refractivity contribution in [3.63, 3.8) is 0 Å². The first-order chi connectivity index (χ1) is 12.2. The Labute approximate surface area is 158 Å². The lowest BCUT2D eigenvalue weighted by Crippen LogP contribution is -2.47. The maximum Gasteiger partial charge on any atom is 0.230 e. The second-order valence-electron chi connectivity index (χ2n) is 7.02. The third kappa shape index (κ3) is 4.88. The van der Waals surface area contributed by atoms with E-state index in [1.165, 1.54) is 17.3 Å². The number of benzene rings is 1. The molecule has 0 radical (unpaired) electrons. The van der Waals surface area contributed by atoms with Gasteiger partial charge in [0.25, 0.3) is 0 Å². The van der Waals surface area contributed by atoms with Crippen molar-refractivity contribution in [1.29, 1.82) is 0 Å². The zero-order valence-electron chi connectivity index (χ0n) is 14.9. The summed E-state index contributed by atoms with van der Waals surface area (Å²) in [6.45, 7) is 3.76. The Balaban J connectivity index is 1.55. The fraction of sp³-hybridized carbons (Fsp3) is 0.444.